The number of nitrogens with zero attached hydrogens (tertiary/aromatic N) is 4. The van der Waals surface area contributed by atoms with Gasteiger partial charge in [-0.15, -0.1) is 0 Å². The Morgan fingerprint density at radius 2 is 2.17 bits per heavy atom. The Hall–Kier alpha value is -1.14. The topological polar surface area (TPSA) is 41.9 Å². The molecule has 6 heteroatoms. The number of hydrogen-bond acceptors (Lipinski definition) is 5. The smallest absolute Gasteiger partial charge is 0.189 e. The molecule has 94 valence electrons. The van der Waals surface area contributed by atoms with E-state index in [9.17, 15) is 0 Å². The minimum absolute atomic E-state index is 0.713. The second kappa shape index (κ2) is 6.15. The highest BCUT2D eigenvalue weighted by Gasteiger charge is 2.10. The van der Waals surface area contributed by atoms with Crippen LogP contribution in [-0.2, 0) is 6.54 Å². The Labute approximate surface area is 119 Å². The van der Waals surface area contributed by atoms with Crippen molar-refractivity contribution in [2.75, 3.05) is 18.2 Å². The molecule has 2 aromatic heterocycles. The Bertz CT molecular complexity index is 521. The average Bonchev–Trinajstić information content (AvgIpc) is 2.40. The molecule has 0 unspecified atom stereocenters. The van der Waals surface area contributed by atoms with Crippen molar-refractivity contribution in [2.24, 2.45) is 0 Å². The van der Waals surface area contributed by atoms with E-state index in [2.05, 4.69) is 30.9 Å². The molecule has 4 nitrogen and oxygen atoms in total. The van der Waals surface area contributed by atoms with E-state index in [0.717, 1.165) is 21.1 Å². The van der Waals surface area contributed by atoms with Gasteiger partial charge in [0.05, 0.1) is 16.7 Å². The summed E-state index contributed by atoms with van der Waals surface area (Å²) in [5.74, 6) is 0.875. The van der Waals surface area contributed by atoms with Crippen molar-refractivity contribution < 1.29 is 0 Å². The van der Waals surface area contributed by atoms with Crippen molar-refractivity contribution in [1.29, 1.82) is 0 Å². The molecule has 0 aromatic carbocycles. The Morgan fingerprint density at radius 1 is 1.33 bits per heavy atom. The third-order valence-electron chi connectivity index (χ3n) is 2.37. The van der Waals surface area contributed by atoms with E-state index in [1.54, 1.807) is 12.4 Å². The molecule has 0 fully saturated rings. The molecule has 0 bridgehead atoms. The molecular formula is C12H13BrN4S. The molecule has 0 radical (unpaired) electrons. The van der Waals surface area contributed by atoms with E-state index < -0.39 is 0 Å². The number of anilines is 1. The zero-order valence-corrected chi connectivity index (χ0v) is 12.6. The predicted molar refractivity (Wildman–Crippen MR) is 77.9 cm³/mol. The molecule has 0 amide bonds. The standard InChI is InChI=1S/C12H13BrN4S/c1-17(8-9-5-3-4-6-14-9)11-10(13)7-15-12(16-11)18-2/h3-7H,8H2,1-2H3. The third kappa shape index (κ3) is 3.20. The molecule has 18 heavy (non-hydrogen) atoms. The molecule has 2 rings (SSSR count). The fourth-order valence-corrected chi connectivity index (χ4v) is 2.35. The molecule has 2 aromatic rings. The highest BCUT2D eigenvalue weighted by molar-refractivity contribution is 9.10. The number of rotatable bonds is 4. The number of aromatic nitrogens is 3. The maximum Gasteiger partial charge on any atom is 0.189 e. The third-order valence-corrected chi connectivity index (χ3v) is 3.49. The minimum atomic E-state index is 0.713. The quantitative estimate of drug-likeness (QED) is 0.638. The van der Waals surface area contributed by atoms with Crippen LogP contribution in [0.3, 0.4) is 0 Å². The molecule has 0 aliphatic heterocycles. The van der Waals surface area contributed by atoms with Crippen LogP contribution in [0, 0.1) is 0 Å². The minimum Gasteiger partial charge on any atom is -0.353 e. The summed E-state index contributed by atoms with van der Waals surface area (Å²) in [4.78, 5) is 15.1. The van der Waals surface area contributed by atoms with Gasteiger partial charge in [-0.3, -0.25) is 4.98 Å². The van der Waals surface area contributed by atoms with Gasteiger partial charge in [0.25, 0.3) is 0 Å². The van der Waals surface area contributed by atoms with Gasteiger partial charge in [-0.05, 0) is 34.3 Å². The number of pyridine rings is 1. The zero-order valence-electron chi connectivity index (χ0n) is 10.2. The zero-order chi connectivity index (χ0) is 13.0. The first-order valence-electron chi connectivity index (χ1n) is 5.38. The van der Waals surface area contributed by atoms with Crippen LogP contribution in [0.15, 0.2) is 40.2 Å². The van der Waals surface area contributed by atoms with Crippen LogP contribution in [0.1, 0.15) is 5.69 Å². The lowest BCUT2D eigenvalue weighted by Crippen LogP contribution is -2.19. The van der Waals surface area contributed by atoms with Gasteiger partial charge in [-0.25, -0.2) is 9.97 Å². The van der Waals surface area contributed by atoms with E-state index in [-0.39, 0.29) is 0 Å². The first-order chi connectivity index (χ1) is 8.70. The highest BCUT2D eigenvalue weighted by Crippen LogP contribution is 2.25. The van der Waals surface area contributed by atoms with Crippen molar-refractivity contribution in [3.63, 3.8) is 0 Å². The van der Waals surface area contributed by atoms with Gasteiger partial charge in [0, 0.05) is 19.4 Å². The van der Waals surface area contributed by atoms with Gasteiger partial charge in [-0.1, -0.05) is 17.8 Å². The number of thioether (sulfide) groups is 1. The predicted octanol–water partition coefficient (Wildman–Crippen LogP) is 2.99. The molecule has 2 heterocycles. The van der Waals surface area contributed by atoms with Gasteiger partial charge < -0.3 is 4.90 Å². The molecule has 0 spiro atoms. The maximum atomic E-state index is 4.49. The summed E-state index contributed by atoms with van der Waals surface area (Å²) in [5.41, 5.74) is 1.01. The molecule has 0 N–H and O–H groups in total. The molecule has 0 aliphatic carbocycles. The molecule has 0 aliphatic rings. The van der Waals surface area contributed by atoms with Gasteiger partial charge >= 0.3 is 0 Å². The summed E-state index contributed by atoms with van der Waals surface area (Å²) >= 11 is 5.01. The van der Waals surface area contributed by atoms with Gasteiger partial charge in [-0.2, -0.15) is 0 Å². The Balaban J connectivity index is 2.20. The van der Waals surface area contributed by atoms with E-state index in [0.29, 0.717) is 6.54 Å². The summed E-state index contributed by atoms with van der Waals surface area (Å²) in [5, 5.41) is 0.765. The van der Waals surface area contributed by atoms with Crippen molar-refractivity contribution in [2.45, 2.75) is 11.7 Å². The van der Waals surface area contributed by atoms with E-state index in [1.165, 1.54) is 11.8 Å². The molecule has 0 atom stereocenters. The van der Waals surface area contributed by atoms with E-state index >= 15 is 0 Å². The van der Waals surface area contributed by atoms with Crippen LogP contribution in [0.25, 0.3) is 0 Å². The summed E-state index contributed by atoms with van der Waals surface area (Å²) < 4.78 is 0.888. The second-order valence-corrected chi connectivity index (χ2v) is 5.33. The summed E-state index contributed by atoms with van der Waals surface area (Å²) in [7, 11) is 1.99. The van der Waals surface area contributed by atoms with Crippen LogP contribution in [-0.4, -0.2) is 28.3 Å². The van der Waals surface area contributed by atoms with Gasteiger partial charge in [0.2, 0.25) is 0 Å². The van der Waals surface area contributed by atoms with Crippen LogP contribution in [0.4, 0.5) is 5.82 Å². The molecular weight excluding hydrogens is 312 g/mol. The van der Waals surface area contributed by atoms with Crippen LogP contribution in [0.5, 0.6) is 0 Å². The Kier molecular flexibility index (Phi) is 4.54. The van der Waals surface area contributed by atoms with E-state index in [4.69, 9.17) is 0 Å². The lowest BCUT2D eigenvalue weighted by atomic mass is 10.3. The fraction of sp³-hybridized carbons (Fsp3) is 0.250. The first-order valence-corrected chi connectivity index (χ1v) is 7.40. The second-order valence-electron chi connectivity index (χ2n) is 3.71. The molecule has 0 saturated heterocycles. The van der Waals surface area contributed by atoms with Gasteiger partial charge in [0.15, 0.2) is 5.16 Å². The van der Waals surface area contributed by atoms with Gasteiger partial charge in [0.1, 0.15) is 5.82 Å². The lowest BCUT2D eigenvalue weighted by molar-refractivity contribution is 0.831. The first kappa shape index (κ1) is 13.3. The summed E-state index contributed by atoms with van der Waals surface area (Å²) in [6.07, 6.45) is 5.54. The number of hydrogen-bond donors (Lipinski definition) is 0. The van der Waals surface area contributed by atoms with Crippen molar-refractivity contribution in [3.05, 3.63) is 40.8 Å². The normalized spacial score (nSPS) is 10.4. The van der Waals surface area contributed by atoms with Crippen molar-refractivity contribution in [1.82, 2.24) is 15.0 Å². The van der Waals surface area contributed by atoms with Crippen molar-refractivity contribution >= 4 is 33.5 Å². The fourth-order valence-electron chi connectivity index (χ4n) is 1.52. The largest absolute Gasteiger partial charge is 0.353 e. The highest BCUT2D eigenvalue weighted by atomic mass is 79.9. The summed E-state index contributed by atoms with van der Waals surface area (Å²) in [6.45, 7) is 0.713. The summed E-state index contributed by atoms with van der Waals surface area (Å²) in [6, 6.07) is 5.90. The van der Waals surface area contributed by atoms with Crippen LogP contribution < -0.4 is 4.90 Å². The van der Waals surface area contributed by atoms with E-state index in [1.807, 2.05) is 36.4 Å². The monoisotopic (exact) mass is 324 g/mol. The molecule has 0 saturated carbocycles. The number of halogens is 1. The van der Waals surface area contributed by atoms with Crippen LogP contribution in [0.2, 0.25) is 0 Å². The average molecular weight is 325 g/mol. The SMILES string of the molecule is CSc1ncc(Br)c(N(C)Cc2ccccn2)n1. The lowest BCUT2D eigenvalue weighted by Gasteiger charge is -2.19. The maximum absolute atomic E-state index is 4.49. The Morgan fingerprint density at radius 3 is 2.83 bits per heavy atom. The van der Waals surface area contributed by atoms with Crippen LogP contribution >= 0.6 is 27.7 Å². The van der Waals surface area contributed by atoms with Crippen molar-refractivity contribution in [3.8, 4) is 0 Å².